The lowest BCUT2D eigenvalue weighted by Gasteiger charge is -2.18. The molecule has 0 atom stereocenters. The van der Waals surface area contributed by atoms with Crippen molar-refractivity contribution in [2.75, 3.05) is 6.54 Å². The van der Waals surface area contributed by atoms with Gasteiger partial charge < -0.3 is 5.11 Å². The van der Waals surface area contributed by atoms with E-state index in [4.69, 9.17) is 5.11 Å². The van der Waals surface area contributed by atoms with Crippen molar-refractivity contribution in [1.29, 1.82) is 0 Å². The number of amides is 2. The van der Waals surface area contributed by atoms with Gasteiger partial charge in [-0.1, -0.05) is 0 Å². The quantitative estimate of drug-likeness (QED) is 0.786. The number of pyridine rings is 1. The Morgan fingerprint density at radius 1 is 1.33 bits per heavy atom. The highest BCUT2D eigenvalue weighted by Gasteiger charge is 2.54. The molecule has 2 amide bonds. The molecule has 92 valence electrons. The fourth-order valence-corrected chi connectivity index (χ4v) is 2.17. The SMILES string of the molecule is O=C1c2ccncc2C(=O)N1CC1(C(=O)O)CC1. The van der Waals surface area contributed by atoms with E-state index in [0.29, 0.717) is 18.4 Å². The molecule has 1 fully saturated rings. The monoisotopic (exact) mass is 246 g/mol. The van der Waals surface area contributed by atoms with Crippen molar-refractivity contribution in [3.63, 3.8) is 0 Å². The fourth-order valence-electron chi connectivity index (χ4n) is 2.17. The van der Waals surface area contributed by atoms with E-state index in [1.807, 2.05) is 0 Å². The van der Waals surface area contributed by atoms with Crippen LogP contribution in [0.25, 0.3) is 0 Å². The molecule has 2 aliphatic rings. The summed E-state index contributed by atoms with van der Waals surface area (Å²) in [6.45, 7) is -0.0469. The largest absolute Gasteiger partial charge is 0.481 e. The molecule has 1 saturated carbocycles. The van der Waals surface area contributed by atoms with Crippen molar-refractivity contribution >= 4 is 17.8 Å². The van der Waals surface area contributed by atoms with Gasteiger partial charge in [0.15, 0.2) is 0 Å². The number of carbonyl (C=O) groups is 3. The Morgan fingerprint density at radius 3 is 2.56 bits per heavy atom. The molecule has 1 aliphatic carbocycles. The molecule has 1 aliphatic heterocycles. The van der Waals surface area contributed by atoms with Crippen LogP contribution in [0.1, 0.15) is 33.6 Å². The summed E-state index contributed by atoms with van der Waals surface area (Å²) in [5.74, 6) is -1.82. The van der Waals surface area contributed by atoms with Gasteiger partial charge in [-0.15, -0.1) is 0 Å². The van der Waals surface area contributed by atoms with Gasteiger partial charge in [-0.2, -0.15) is 0 Å². The molecule has 6 nitrogen and oxygen atoms in total. The van der Waals surface area contributed by atoms with Crippen LogP contribution < -0.4 is 0 Å². The van der Waals surface area contributed by atoms with Crippen LogP contribution >= 0.6 is 0 Å². The van der Waals surface area contributed by atoms with Crippen molar-refractivity contribution in [1.82, 2.24) is 9.88 Å². The lowest BCUT2D eigenvalue weighted by Crippen LogP contribution is -2.38. The van der Waals surface area contributed by atoms with Gasteiger partial charge in [0.25, 0.3) is 11.8 Å². The molecule has 1 aromatic rings. The molecule has 0 bridgehead atoms. The predicted molar refractivity (Wildman–Crippen MR) is 58.9 cm³/mol. The standard InChI is InChI=1S/C12H10N2O4/c15-9-7-1-4-13-5-8(7)10(16)14(9)6-12(2-3-12)11(17)18/h1,4-5H,2-3,6H2,(H,17,18). The maximum absolute atomic E-state index is 12.0. The maximum atomic E-state index is 12.0. The van der Waals surface area contributed by atoms with E-state index >= 15 is 0 Å². The van der Waals surface area contributed by atoms with E-state index < -0.39 is 23.2 Å². The van der Waals surface area contributed by atoms with Gasteiger partial charge in [0.2, 0.25) is 0 Å². The van der Waals surface area contributed by atoms with Crippen LogP contribution in [0.3, 0.4) is 0 Å². The van der Waals surface area contributed by atoms with Gasteiger partial charge in [-0.3, -0.25) is 24.3 Å². The lowest BCUT2D eigenvalue weighted by molar-refractivity contribution is -0.143. The molecular weight excluding hydrogens is 236 g/mol. The van der Waals surface area contributed by atoms with Crippen molar-refractivity contribution in [2.24, 2.45) is 5.41 Å². The zero-order valence-electron chi connectivity index (χ0n) is 9.42. The molecule has 1 N–H and O–H groups in total. The number of imide groups is 1. The highest BCUT2D eigenvalue weighted by Crippen LogP contribution is 2.47. The van der Waals surface area contributed by atoms with Gasteiger partial charge in [-0.25, -0.2) is 0 Å². The Bertz CT molecular complexity index is 542. The van der Waals surface area contributed by atoms with Crippen LogP contribution in [-0.2, 0) is 4.79 Å². The minimum absolute atomic E-state index is 0.0469. The topological polar surface area (TPSA) is 87.6 Å². The first-order valence-corrected chi connectivity index (χ1v) is 5.59. The molecule has 1 aromatic heterocycles. The highest BCUT2D eigenvalue weighted by atomic mass is 16.4. The zero-order chi connectivity index (χ0) is 12.9. The number of nitrogens with zero attached hydrogens (tertiary/aromatic N) is 2. The van der Waals surface area contributed by atoms with Crippen molar-refractivity contribution < 1.29 is 19.5 Å². The van der Waals surface area contributed by atoms with Gasteiger partial charge >= 0.3 is 5.97 Å². The summed E-state index contributed by atoms with van der Waals surface area (Å²) in [5, 5.41) is 9.09. The first-order chi connectivity index (χ1) is 8.55. The first kappa shape index (κ1) is 10.9. The summed E-state index contributed by atoms with van der Waals surface area (Å²) >= 11 is 0. The van der Waals surface area contributed by atoms with Crippen LogP contribution in [0.4, 0.5) is 0 Å². The van der Waals surface area contributed by atoms with Crippen LogP contribution in [0, 0.1) is 5.41 Å². The second kappa shape index (κ2) is 3.38. The number of hydrogen-bond acceptors (Lipinski definition) is 4. The predicted octanol–water partition coefficient (Wildman–Crippen LogP) is 0.542. The van der Waals surface area contributed by atoms with Gasteiger partial charge in [-0.05, 0) is 18.9 Å². The van der Waals surface area contributed by atoms with Crippen LogP contribution in [-0.4, -0.2) is 39.3 Å². The van der Waals surface area contributed by atoms with E-state index in [9.17, 15) is 14.4 Å². The van der Waals surface area contributed by atoms with Crippen LogP contribution in [0.2, 0.25) is 0 Å². The maximum Gasteiger partial charge on any atom is 0.311 e. The third-order valence-corrected chi connectivity index (χ3v) is 3.54. The van der Waals surface area contributed by atoms with Crippen LogP contribution in [0.15, 0.2) is 18.5 Å². The summed E-state index contributed by atoms with van der Waals surface area (Å²) in [7, 11) is 0. The molecule has 18 heavy (non-hydrogen) atoms. The lowest BCUT2D eigenvalue weighted by atomic mass is 10.1. The van der Waals surface area contributed by atoms with E-state index in [1.54, 1.807) is 0 Å². The molecule has 0 aromatic carbocycles. The second-order valence-electron chi connectivity index (χ2n) is 4.70. The van der Waals surface area contributed by atoms with Gasteiger partial charge in [0.05, 0.1) is 16.5 Å². The van der Waals surface area contributed by atoms with Crippen LogP contribution in [0.5, 0.6) is 0 Å². The molecule has 0 unspecified atom stereocenters. The Balaban J connectivity index is 1.91. The number of hydrogen-bond donors (Lipinski definition) is 1. The first-order valence-electron chi connectivity index (χ1n) is 5.59. The van der Waals surface area contributed by atoms with E-state index in [-0.39, 0.29) is 12.1 Å². The van der Waals surface area contributed by atoms with Crippen molar-refractivity contribution in [3.05, 3.63) is 29.6 Å². The number of fused-ring (bicyclic) bond motifs is 1. The molecule has 0 saturated heterocycles. The number of carboxylic acids is 1. The van der Waals surface area contributed by atoms with E-state index in [0.717, 1.165) is 4.90 Å². The number of aromatic nitrogens is 1. The summed E-state index contributed by atoms with van der Waals surface area (Å²) in [4.78, 5) is 40.0. The summed E-state index contributed by atoms with van der Waals surface area (Å²) in [6.07, 6.45) is 3.80. The number of aliphatic carboxylic acids is 1. The zero-order valence-corrected chi connectivity index (χ0v) is 9.42. The Morgan fingerprint density at radius 2 is 2.00 bits per heavy atom. The van der Waals surface area contributed by atoms with Crippen molar-refractivity contribution in [2.45, 2.75) is 12.8 Å². The van der Waals surface area contributed by atoms with E-state index in [1.165, 1.54) is 18.5 Å². The average molecular weight is 246 g/mol. The molecule has 2 heterocycles. The summed E-state index contributed by atoms with van der Waals surface area (Å²) < 4.78 is 0. The molecule has 3 rings (SSSR count). The Hall–Kier alpha value is -2.24. The van der Waals surface area contributed by atoms with Gasteiger partial charge in [0.1, 0.15) is 0 Å². The molecular formula is C12H10N2O4. The molecule has 6 heteroatoms. The second-order valence-corrected chi connectivity index (χ2v) is 4.70. The number of carboxylic acid groups (broad SMARTS) is 1. The minimum atomic E-state index is -0.947. The number of carbonyl (C=O) groups excluding carboxylic acids is 2. The molecule has 0 radical (unpaired) electrons. The van der Waals surface area contributed by atoms with Gasteiger partial charge in [0, 0.05) is 18.9 Å². The van der Waals surface area contributed by atoms with Crippen molar-refractivity contribution in [3.8, 4) is 0 Å². The normalized spacial score (nSPS) is 19.9. The average Bonchev–Trinajstić information content (AvgIpc) is 3.11. The Labute approximate surface area is 102 Å². The third kappa shape index (κ3) is 1.35. The smallest absolute Gasteiger partial charge is 0.311 e. The fraction of sp³-hybridized carbons (Fsp3) is 0.333. The summed E-state index contributed by atoms with van der Waals surface area (Å²) in [6, 6.07) is 1.48. The molecule has 0 spiro atoms. The minimum Gasteiger partial charge on any atom is -0.481 e. The summed E-state index contributed by atoms with van der Waals surface area (Å²) in [5.41, 5.74) is -0.374. The Kier molecular flexibility index (Phi) is 2.04. The van der Waals surface area contributed by atoms with E-state index in [2.05, 4.69) is 4.98 Å². The highest BCUT2D eigenvalue weighted by molar-refractivity contribution is 6.21. The third-order valence-electron chi connectivity index (χ3n) is 3.54. The number of rotatable bonds is 3.